The minimum Gasteiger partial charge on any atom is -0.492 e. The first-order chi connectivity index (χ1) is 22.2. The minimum absolute atomic E-state index is 0.167. The number of amides is 1. The molecule has 0 atom stereocenters. The van der Waals surface area contributed by atoms with Gasteiger partial charge in [0.25, 0.3) is 0 Å². The molecule has 4 aromatic rings. The summed E-state index contributed by atoms with van der Waals surface area (Å²) in [7, 11) is 0. The third-order valence-electron chi connectivity index (χ3n) is 8.68. The lowest BCUT2D eigenvalue weighted by Crippen LogP contribution is -2.29. The fraction of sp³-hybridized carbons (Fsp3) is 0.432. The predicted octanol–water partition coefficient (Wildman–Crippen LogP) is 6.79. The van der Waals surface area contributed by atoms with Gasteiger partial charge in [0.15, 0.2) is 11.5 Å². The monoisotopic (exact) mass is 628 g/mol. The molecule has 1 amide bonds. The van der Waals surface area contributed by atoms with Crippen LogP contribution in [0.4, 0.5) is 0 Å². The van der Waals surface area contributed by atoms with Crippen LogP contribution in [0.2, 0.25) is 0 Å². The lowest BCUT2D eigenvalue weighted by atomic mass is 9.98. The zero-order valence-electron chi connectivity index (χ0n) is 26.0. The van der Waals surface area contributed by atoms with E-state index in [1.54, 1.807) is 0 Å². The van der Waals surface area contributed by atoms with Gasteiger partial charge >= 0.3 is 0 Å². The summed E-state index contributed by atoms with van der Waals surface area (Å²) in [4.78, 5) is 17.4. The number of likely N-dealkylation sites (tertiary alicyclic amines) is 2. The predicted molar refractivity (Wildman–Crippen MR) is 181 cm³/mol. The van der Waals surface area contributed by atoms with Crippen molar-refractivity contribution >= 4 is 27.3 Å². The standard InChI is InChI=1S/C37H44N2O5S/c40-22-5-6-23-43-34-27-29(13-16-33(34)44-24-20-38-17-3-4-18-38)37-32(31-8-1-2-9-35(31)45-37)26-28-11-14-30(15-12-28)42-25-21-39-19-7-10-36(39)41/h1-2,8-9,11-16,27,40H,3-7,10,17-26H2. The van der Waals surface area contributed by atoms with E-state index in [0.717, 1.165) is 68.3 Å². The van der Waals surface area contributed by atoms with Crippen molar-refractivity contribution in [2.45, 2.75) is 44.9 Å². The van der Waals surface area contributed by atoms with E-state index in [1.807, 2.05) is 28.4 Å². The van der Waals surface area contributed by atoms with Crippen molar-refractivity contribution in [3.8, 4) is 27.7 Å². The Bertz CT molecular complexity index is 1550. The maximum absolute atomic E-state index is 11.9. The molecule has 1 aromatic heterocycles. The van der Waals surface area contributed by atoms with E-state index in [9.17, 15) is 9.90 Å². The van der Waals surface area contributed by atoms with Gasteiger partial charge in [-0.2, -0.15) is 0 Å². The van der Waals surface area contributed by atoms with E-state index in [1.165, 1.54) is 38.9 Å². The molecule has 0 aliphatic carbocycles. The summed E-state index contributed by atoms with van der Waals surface area (Å²) < 4.78 is 19.7. The van der Waals surface area contributed by atoms with Gasteiger partial charge in [-0.3, -0.25) is 9.69 Å². The molecule has 2 saturated heterocycles. The Labute approximate surface area is 270 Å². The first-order valence-electron chi connectivity index (χ1n) is 16.4. The number of aliphatic hydroxyl groups excluding tert-OH is 1. The second kappa shape index (κ2) is 15.6. The Hall–Kier alpha value is -3.59. The summed E-state index contributed by atoms with van der Waals surface area (Å²) in [6, 6.07) is 23.3. The fourth-order valence-electron chi connectivity index (χ4n) is 6.20. The van der Waals surface area contributed by atoms with Crippen molar-refractivity contribution in [1.29, 1.82) is 0 Å². The summed E-state index contributed by atoms with van der Waals surface area (Å²) in [6.07, 6.45) is 6.44. The van der Waals surface area contributed by atoms with E-state index in [-0.39, 0.29) is 12.5 Å². The second-order valence-electron chi connectivity index (χ2n) is 11.9. The number of unbranched alkanes of at least 4 members (excludes halogenated alkanes) is 1. The van der Waals surface area contributed by atoms with Crippen LogP contribution in [0, 0.1) is 0 Å². The fourth-order valence-corrected chi connectivity index (χ4v) is 7.42. The van der Waals surface area contributed by atoms with Gasteiger partial charge in [0, 0.05) is 35.7 Å². The van der Waals surface area contributed by atoms with Gasteiger partial charge in [0.1, 0.15) is 19.0 Å². The molecule has 2 aliphatic heterocycles. The highest BCUT2D eigenvalue weighted by molar-refractivity contribution is 7.22. The van der Waals surface area contributed by atoms with Gasteiger partial charge in [0.05, 0.1) is 13.2 Å². The Morgan fingerprint density at radius 3 is 2.38 bits per heavy atom. The van der Waals surface area contributed by atoms with Crippen molar-refractivity contribution in [2.24, 2.45) is 0 Å². The highest BCUT2D eigenvalue weighted by Crippen LogP contribution is 2.42. The van der Waals surface area contributed by atoms with Gasteiger partial charge in [-0.15, -0.1) is 11.3 Å². The summed E-state index contributed by atoms with van der Waals surface area (Å²) in [6.45, 7) is 6.55. The molecule has 0 spiro atoms. The number of thiophene rings is 1. The van der Waals surface area contributed by atoms with Crippen LogP contribution in [0.5, 0.6) is 17.2 Å². The van der Waals surface area contributed by atoms with Crippen LogP contribution in [-0.4, -0.2) is 80.0 Å². The SMILES string of the molecule is O=C1CCCN1CCOc1ccc(Cc2c(-c3ccc(OCCN4CCCC4)c(OCCCCO)c3)sc3ccccc23)cc1. The van der Waals surface area contributed by atoms with Crippen molar-refractivity contribution < 1.29 is 24.1 Å². The van der Waals surface area contributed by atoms with Crippen LogP contribution in [0.15, 0.2) is 66.7 Å². The molecule has 3 heterocycles. The molecule has 0 radical (unpaired) electrons. The Kier molecular flexibility index (Phi) is 10.9. The van der Waals surface area contributed by atoms with E-state index in [2.05, 4.69) is 59.5 Å². The van der Waals surface area contributed by atoms with Gasteiger partial charge in [-0.1, -0.05) is 30.3 Å². The van der Waals surface area contributed by atoms with Crippen LogP contribution in [0.25, 0.3) is 20.5 Å². The summed E-state index contributed by atoms with van der Waals surface area (Å²) >= 11 is 1.81. The molecular formula is C37H44N2O5S. The molecule has 3 aromatic carbocycles. The molecule has 8 heteroatoms. The molecule has 6 rings (SSSR count). The Morgan fingerprint density at radius 2 is 1.58 bits per heavy atom. The average molecular weight is 629 g/mol. The summed E-state index contributed by atoms with van der Waals surface area (Å²) in [5.41, 5.74) is 3.63. The number of rotatable bonds is 16. The molecule has 0 bridgehead atoms. The van der Waals surface area contributed by atoms with Crippen molar-refractivity contribution in [3.63, 3.8) is 0 Å². The molecule has 2 aliphatic rings. The normalized spacial score (nSPS) is 15.3. The lowest BCUT2D eigenvalue weighted by molar-refractivity contribution is -0.128. The van der Waals surface area contributed by atoms with Crippen LogP contribution in [-0.2, 0) is 11.2 Å². The Balaban J connectivity index is 1.19. The largest absolute Gasteiger partial charge is 0.492 e. The van der Waals surface area contributed by atoms with E-state index < -0.39 is 0 Å². The average Bonchev–Trinajstić information content (AvgIpc) is 3.82. The number of carbonyl (C=O) groups excluding carboxylic acids is 1. The summed E-state index contributed by atoms with van der Waals surface area (Å²) in [5.74, 6) is 2.58. The topological polar surface area (TPSA) is 71.5 Å². The summed E-state index contributed by atoms with van der Waals surface area (Å²) in [5, 5.41) is 10.5. The van der Waals surface area contributed by atoms with Crippen LogP contribution < -0.4 is 14.2 Å². The molecule has 45 heavy (non-hydrogen) atoms. The lowest BCUT2D eigenvalue weighted by Gasteiger charge is -2.18. The van der Waals surface area contributed by atoms with Crippen molar-refractivity contribution in [2.75, 3.05) is 59.2 Å². The van der Waals surface area contributed by atoms with E-state index in [4.69, 9.17) is 14.2 Å². The van der Waals surface area contributed by atoms with Gasteiger partial charge < -0.3 is 24.2 Å². The van der Waals surface area contributed by atoms with Crippen LogP contribution in [0.1, 0.15) is 49.7 Å². The van der Waals surface area contributed by atoms with Gasteiger partial charge in [-0.25, -0.2) is 0 Å². The number of fused-ring (bicyclic) bond motifs is 1. The number of hydrogen-bond donors (Lipinski definition) is 1. The van der Waals surface area contributed by atoms with Crippen molar-refractivity contribution in [3.05, 3.63) is 77.9 Å². The minimum atomic E-state index is 0.167. The molecule has 238 valence electrons. The smallest absolute Gasteiger partial charge is 0.222 e. The molecule has 0 unspecified atom stereocenters. The van der Waals surface area contributed by atoms with Gasteiger partial charge in [-0.05, 0) is 110 Å². The number of carbonyl (C=O) groups is 1. The number of ether oxygens (including phenoxy) is 3. The third kappa shape index (κ3) is 8.17. The first kappa shape index (κ1) is 31.4. The van der Waals surface area contributed by atoms with Crippen molar-refractivity contribution in [1.82, 2.24) is 9.80 Å². The number of benzene rings is 3. The third-order valence-corrected chi connectivity index (χ3v) is 9.95. The van der Waals surface area contributed by atoms with E-state index in [0.29, 0.717) is 39.2 Å². The van der Waals surface area contributed by atoms with Crippen LogP contribution >= 0.6 is 11.3 Å². The zero-order chi connectivity index (χ0) is 30.8. The molecule has 7 nitrogen and oxygen atoms in total. The Morgan fingerprint density at radius 1 is 0.778 bits per heavy atom. The molecule has 1 N–H and O–H groups in total. The molecule has 2 fully saturated rings. The highest BCUT2D eigenvalue weighted by Gasteiger charge is 2.20. The van der Waals surface area contributed by atoms with Crippen LogP contribution in [0.3, 0.4) is 0 Å². The first-order valence-corrected chi connectivity index (χ1v) is 17.2. The molecule has 0 saturated carbocycles. The molecular weight excluding hydrogens is 584 g/mol. The maximum Gasteiger partial charge on any atom is 0.222 e. The van der Waals surface area contributed by atoms with Gasteiger partial charge in [0.2, 0.25) is 5.91 Å². The second-order valence-corrected chi connectivity index (χ2v) is 12.9. The number of aliphatic hydroxyl groups is 1. The highest BCUT2D eigenvalue weighted by atomic mass is 32.1. The number of nitrogens with zero attached hydrogens (tertiary/aromatic N) is 2. The van der Waals surface area contributed by atoms with E-state index >= 15 is 0 Å². The zero-order valence-corrected chi connectivity index (χ0v) is 26.9. The number of hydrogen-bond acceptors (Lipinski definition) is 7. The quantitative estimate of drug-likeness (QED) is 0.138. The maximum atomic E-state index is 11.9.